The summed E-state index contributed by atoms with van der Waals surface area (Å²) < 4.78 is 0. The number of carbonyl (C=O) groups is 2. The minimum absolute atomic E-state index is 0.110. The van der Waals surface area contributed by atoms with Crippen molar-refractivity contribution in [2.75, 3.05) is 19.0 Å². The van der Waals surface area contributed by atoms with E-state index in [-0.39, 0.29) is 35.5 Å². The molecule has 1 aromatic carbocycles. The van der Waals surface area contributed by atoms with E-state index in [2.05, 4.69) is 17.3 Å². The van der Waals surface area contributed by atoms with E-state index >= 15 is 0 Å². The van der Waals surface area contributed by atoms with Crippen LogP contribution in [0.15, 0.2) is 41.5 Å². The van der Waals surface area contributed by atoms with E-state index in [1.54, 1.807) is 6.21 Å². The first-order valence-electron chi connectivity index (χ1n) is 8.94. The molecule has 2 saturated carbocycles. The maximum Gasteiger partial charge on any atom is 0.254 e. The van der Waals surface area contributed by atoms with Crippen molar-refractivity contribution in [3.63, 3.8) is 0 Å². The van der Waals surface area contributed by atoms with Gasteiger partial charge in [-0.3, -0.25) is 9.59 Å². The lowest BCUT2D eigenvalue weighted by molar-refractivity contribution is -0.140. The highest BCUT2D eigenvalue weighted by atomic mass is 16.2. The Labute approximate surface area is 147 Å². The zero-order valence-electron chi connectivity index (χ0n) is 14.4. The fraction of sp³-hybridized carbons (Fsp3) is 0.450. The van der Waals surface area contributed by atoms with Gasteiger partial charge < -0.3 is 4.90 Å². The van der Waals surface area contributed by atoms with Gasteiger partial charge in [0.1, 0.15) is 0 Å². The van der Waals surface area contributed by atoms with Gasteiger partial charge in [0.15, 0.2) is 0 Å². The quantitative estimate of drug-likeness (QED) is 0.483. The number of rotatable bonds is 3. The summed E-state index contributed by atoms with van der Waals surface area (Å²) in [6.07, 6.45) is 7.15. The Kier molecular flexibility index (Phi) is 3.00. The summed E-state index contributed by atoms with van der Waals surface area (Å²) in [4.78, 5) is 27.7. The van der Waals surface area contributed by atoms with Gasteiger partial charge in [-0.15, -0.1) is 0 Å². The second-order valence-electron chi connectivity index (χ2n) is 7.87. The molecule has 5 heteroatoms. The summed E-state index contributed by atoms with van der Waals surface area (Å²) >= 11 is 0. The molecule has 1 saturated heterocycles. The molecule has 0 unspecified atom stereocenters. The van der Waals surface area contributed by atoms with Crippen LogP contribution in [0.2, 0.25) is 0 Å². The lowest BCUT2D eigenvalue weighted by Crippen LogP contribution is -2.40. The van der Waals surface area contributed by atoms with E-state index in [9.17, 15) is 9.59 Å². The average molecular weight is 335 g/mol. The fourth-order valence-corrected chi connectivity index (χ4v) is 5.04. The minimum atomic E-state index is -0.181. The molecular weight excluding hydrogens is 314 g/mol. The average Bonchev–Trinajstić information content (AvgIpc) is 3.39. The second kappa shape index (κ2) is 5.04. The van der Waals surface area contributed by atoms with Gasteiger partial charge in [0.05, 0.1) is 18.1 Å². The zero-order chi connectivity index (χ0) is 17.3. The van der Waals surface area contributed by atoms with Gasteiger partial charge in [-0.05, 0) is 47.8 Å². The normalized spacial score (nSPS) is 37.6. The van der Waals surface area contributed by atoms with Gasteiger partial charge in [-0.1, -0.05) is 24.3 Å². The molecule has 0 spiro atoms. The molecule has 0 aromatic heterocycles. The van der Waals surface area contributed by atoms with E-state index in [1.807, 2.05) is 43.3 Å². The first-order chi connectivity index (χ1) is 12.1. The van der Waals surface area contributed by atoms with E-state index in [4.69, 9.17) is 0 Å². The van der Waals surface area contributed by atoms with Crippen molar-refractivity contribution in [1.82, 2.24) is 5.01 Å². The van der Waals surface area contributed by atoms with Crippen molar-refractivity contribution >= 4 is 23.7 Å². The van der Waals surface area contributed by atoms with E-state index in [0.717, 1.165) is 16.3 Å². The van der Waals surface area contributed by atoms with Crippen LogP contribution in [-0.4, -0.2) is 37.1 Å². The largest absolute Gasteiger partial charge is 0.378 e. The molecule has 25 heavy (non-hydrogen) atoms. The molecule has 1 aromatic rings. The number of hydrazone groups is 1. The van der Waals surface area contributed by atoms with Crippen LogP contribution < -0.4 is 4.90 Å². The molecule has 5 aliphatic rings. The van der Waals surface area contributed by atoms with Crippen LogP contribution in [0, 0.1) is 35.5 Å². The monoisotopic (exact) mass is 335 g/mol. The SMILES string of the molecule is CN(C)c1ccc(/C=N/N2C(=O)[C@H]3[C@@H]4C=C[C@H]([C@H]5C[C@H]45)[C@@H]3C2=O)cc1. The predicted molar refractivity (Wildman–Crippen MR) is 94.9 cm³/mol. The molecule has 4 aliphatic carbocycles. The Bertz CT molecular complexity index is 775. The topological polar surface area (TPSA) is 53.0 Å². The molecule has 2 amide bonds. The van der Waals surface area contributed by atoms with Crippen molar-refractivity contribution in [2.24, 2.45) is 40.6 Å². The molecule has 5 nitrogen and oxygen atoms in total. The third-order valence-electron chi connectivity index (χ3n) is 6.37. The van der Waals surface area contributed by atoms with Crippen LogP contribution in [0.3, 0.4) is 0 Å². The van der Waals surface area contributed by atoms with Gasteiger partial charge >= 0.3 is 0 Å². The van der Waals surface area contributed by atoms with Crippen LogP contribution in [-0.2, 0) is 9.59 Å². The maximum atomic E-state index is 12.8. The first-order valence-corrected chi connectivity index (χ1v) is 8.94. The number of anilines is 1. The van der Waals surface area contributed by atoms with Crippen LogP contribution in [0.5, 0.6) is 0 Å². The van der Waals surface area contributed by atoms with Gasteiger partial charge in [-0.25, -0.2) is 0 Å². The second-order valence-corrected chi connectivity index (χ2v) is 7.87. The van der Waals surface area contributed by atoms with E-state index < -0.39 is 0 Å². The van der Waals surface area contributed by atoms with E-state index in [0.29, 0.717) is 11.8 Å². The number of benzene rings is 1. The highest BCUT2D eigenvalue weighted by Gasteiger charge is 2.67. The van der Waals surface area contributed by atoms with Crippen molar-refractivity contribution in [3.05, 3.63) is 42.0 Å². The number of hydrogen-bond acceptors (Lipinski definition) is 4. The highest BCUT2D eigenvalue weighted by molar-refractivity contribution is 6.06. The molecule has 0 radical (unpaired) electrons. The van der Waals surface area contributed by atoms with E-state index in [1.165, 1.54) is 6.42 Å². The minimum Gasteiger partial charge on any atom is -0.378 e. The number of imide groups is 1. The van der Waals surface area contributed by atoms with Gasteiger partial charge in [0, 0.05) is 19.8 Å². The van der Waals surface area contributed by atoms with Gasteiger partial charge in [0.2, 0.25) is 0 Å². The summed E-state index contributed by atoms with van der Waals surface area (Å²) in [6, 6.07) is 7.87. The Balaban J connectivity index is 1.39. The molecule has 128 valence electrons. The number of hydrogen-bond donors (Lipinski definition) is 0. The Morgan fingerprint density at radius 3 is 2.08 bits per heavy atom. The summed E-state index contributed by atoms with van der Waals surface area (Å²) in [5.74, 6) is 1.15. The van der Waals surface area contributed by atoms with Gasteiger partial charge in [0.25, 0.3) is 11.8 Å². The standard InChI is InChI=1S/C20H21N3O2/c1-22(2)12-5-3-11(4-6-12)10-21-23-19(24)17-13-7-8-14(16-9-15(13)16)18(17)20(23)25/h3-8,10,13-18H,9H2,1-2H3/b21-10+/t13-,14-,15-,16-,17+,18+/m1/s1. The number of amides is 2. The van der Waals surface area contributed by atoms with Crippen LogP contribution >= 0.6 is 0 Å². The predicted octanol–water partition coefficient (Wildman–Crippen LogP) is 2.14. The molecule has 3 fully saturated rings. The lowest BCUT2D eigenvalue weighted by atomic mass is 9.63. The lowest BCUT2D eigenvalue weighted by Gasteiger charge is -2.37. The fourth-order valence-electron chi connectivity index (χ4n) is 5.04. The zero-order valence-corrected chi connectivity index (χ0v) is 14.4. The third-order valence-corrected chi connectivity index (χ3v) is 6.37. The highest BCUT2D eigenvalue weighted by Crippen LogP contribution is 2.65. The molecule has 6 atom stereocenters. The number of allylic oxidation sites excluding steroid dienone is 2. The smallest absolute Gasteiger partial charge is 0.254 e. The molecule has 1 aliphatic heterocycles. The van der Waals surface area contributed by atoms with Gasteiger partial charge in [-0.2, -0.15) is 10.1 Å². The molecule has 6 rings (SSSR count). The summed E-state index contributed by atoms with van der Waals surface area (Å²) in [5.41, 5.74) is 1.98. The molecule has 1 heterocycles. The van der Waals surface area contributed by atoms with Crippen LogP contribution in [0.25, 0.3) is 0 Å². The Hall–Kier alpha value is -2.43. The first kappa shape index (κ1) is 14.9. The van der Waals surface area contributed by atoms with Crippen molar-refractivity contribution in [3.8, 4) is 0 Å². The summed E-state index contributed by atoms with van der Waals surface area (Å²) in [7, 11) is 3.97. The van der Waals surface area contributed by atoms with Crippen molar-refractivity contribution in [2.45, 2.75) is 6.42 Å². The summed E-state index contributed by atoms with van der Waals surface area (Å²) in [6.45, 7) is 0. The Morgan fingerprint density at radius 2 is 1.56 bits per heavy atom. The summed E-state index contributed by atoms with van der Waals surface area (Å²) in [5, 5.41) is 5.39. The molecule has 0 N–H and O–H groups in total. The van der Waals surface area contributed by atoms with Crippen molar-refractivity contribution < 1.29 is 9.59 Å². The molecular formula is C20H21N3O2. The van der Waals surface area contributed by atoms with Crippen molar-refractivity contribution in [1.29, 1.82) is 0 Å². The third kappa shape index (κ3) is 2.04. The van der Waals surface area contributed by atoms with Crippen LogP contribution in [0.1, 0.15) is 12.0 Å². The maximum absolute atomic E-state index is 12.8. The number of carbonyl (C=O) groups excluding carboxylic acids is 2. The number of nitrogens with zero attached hydrogens (tertiary/aromatic N) is 3. The molecule has 2 bridgehead atoms. The Morgan fingerprint density at radius 1 is 1.00 bits per heavy atom. The van der Waals surface area contributed by atoms with Crippen LogP contribution in [0.4, 0.5) is 5.69 Å².